The minimum Gasteiger partial charge on any atom is -0.328 e. The highest BCUT2D eigenvalue weighted by atomic mass is 32.1. The van der Waals surface area contributed by atoms with Crippen molar-refractivity contribution in [3.05, 3.63) is 69.2 Å². The van der Waals surface area contributed by atoms with Crippen molar-refractivity contribution in [3.8, 4) is 0 Å². The number of hydrogen-bond donors (Lipinski definition) is 2. The van der Waals surface area contributed by atoms with Crippen LogP contribution in [0.2, 0.25) is 0 Å². The summed E-state index contributed by atoms with van der Waals surface area (Å²) >= 11 is 1.72. The van der Waals surface area contributed by atoms with Crippen LogP contribution < -0.4 is 10.6 Å². The van der Waals surface area contributed by atoms with Crippen molar-refractivity contribution in [3.63, 3.8) is 0 Å². The lowest BCUT2D eigenvalue weighted by molar-refractivity contribution is -0.675. The van der Waals surface area contributed by atoms with E-state index in [-0.39, 0.29) is 11.9 Å². The molecule has 1 aromatic carbocycles. The number of benzene rings is 1. The van der Waals surface area contributed by atoms with Gasteiger partial charge in [0.25, 0.3) is 5.91 Å². The third kappa shape index (κ3) is 4.51. The van der Waals surface area contributed by atoms with Gasteiger partial charge in [0.2, 0.25) is 0 Å². The Morgan fingerprint density at radius 1 is 1.18 bits per heavy atom. The Morgan fingerprint density at radius 2 is 1.86 bits per heavy atom. The molecule has 0 radical (unpaired) electrons. The third-order valence-corrected chi connectivity index (χ3v) is 6.08. The van der Waals surface area contributed by atoms with E-state index in [4.69, 9.17) is 0 Å². The molecule has 0 fully saturated rings. The second-order valence-corrected chi connectivity index (χ2v) is 8.45. The smallest absolute Gasteiger partial charge is 0.279 e. The molecule has 148 valence electrons. The molecule has 0 bridgehead atoms. The van der Waals surface area contributed by atoms with E-state index in [2.05, 4.69) is 71.4 Å². The number of carbonyl (C=O) groups excluding carboxylic acids is 1. The van der Waals surface area contributed by atoms with Gasteiger partial charge in [-0.2, -0.15) is 5.10 Å². The van der Waals surface area contributed by atoms with Crippen LogP contribution in [0.4, 0.5) is 5.69 Å². The van der Waals surface area contributed by atoms with E-state index in [9.17, 15) is 4.79 Å². The Bertz CT molecular complexity index is 926. The third-order valence-electron chi connectivity index (χ3n) is 5.12. The first-order chi connectivity index (χ1) is 13.4. The van der Waals surface area contributed by atoms with Gasteiger partial charge in [-0.1, -0.05) is 44.2 Å². The molecule has 6 heteroatoms. The van der Waals surface area contributed by atoms with E-state index in [1.54, 1.807) is 16.0 Å². The van der Waals surface area contributed by atoms with Crippen LogP contribution in [0, 0.1) is 13.8 Å². The number of quaternary nitrogens is 1. The number of nitrogens with two attached hydrogens (primary N) is 1. The van der Waals surface area contributed by atoms with E-state index in [0.29, 0.717) is 12.5 Å². The maximum absolute atomic E-state index is 12.6. The second-order valence-electron chi connectivity index (χ2n) is 7.47. The monoisotopic (exact) mass is 397 g/mol. The average Bonchev–Trinajstić information content (AvgIpc) is 3.27. The average molecular weight is 398 g/mol. The molecular weight excluding hydrogens is 368 g/mol. The van der Waals surface area contributed by atoms with Crippen LogP contribution in [0.3, 0.4) is 0 Å². The van der Waals surface area contributed by atoms with Gasteiger partial charge in [0.15, 0.2) is 6.54 Å². The quantitative estimate of drug-likeness (QED) is 0.641. The molecule has 2 heterocycles. The van der Waals surface area contributed by atoms with Crippen molar-refractivity contribution in [2.24, 2.45) is 7.05 Å². The number of hydrogen-bond acceptors (Lipinski definition) is 3. The number of amides is 1. The predicted molar refractivity (Wildman–Crippen MR) is 115 cm³/mol. The molecule has 0 aliphatic heterocycles. The summed E-state index contributed by atoms with van der Waals surface area (Å²) in [5, 5.41) is 11.6. The van der Waals surface area contributed by atoms with E-state index in [1.165, 1.54) is 16.0 Å². The van der Waals surface area contributed by atoms with Gasteiger partial charge in [-0.25, -0.2) is 0 Å². The van der Waals surface area contributed by atoms with Gasteiger partial charge in [-0.3, -0.25) is 9.48 Å². The first kappa shape index (κ1) is 20.3. The van der Waals surface area contributed by atoms with E-state index in [1.807, 2.05) is 20.9 Å². The Labute approximate surface area is 170 Å². The zero-order chi connectivity index (χ0) is 20.3. The normalized spacial score (nSPS) is 12.4. The molecule has 5 nitrogen and oxygen atoms in total. The van der Waals surface area contributed by atoms with Gasteiger partial charge >= 0.3 is 0 Å². The summed E-state index contributed by atoms with van der Waals surface area (Å²) in [5.41, 5.74) is 5.16. The van der Waals surface area contributed by atoms with Crippen molar-refractivity contribution in [2.45, 2.75) is 39.7 Å². The van der Waals surface area contributed by atoms with Gasteiger partial charge in [-0.15, -0.1) is 11.3 Å². The standard InChI is InChI=1S/C22H28N4OS/c1-14(2)17-8-10-18(11-9-17)22(19-7-6-12-28-19)23-13-20(27)24-21-15(3)25-26(5)16(21)4/h6-12,14,22-23H,13H2,1-5H3,(H,24,27)/p+1/t22-/m1/s1. The molecular formula is C22H29N4OS+. The van der Waals surface area contributed by atoms with Crippen molar-refractivity contribution in [1.82, 2.24) is 9.78 Å². The number of aromatic nitrogens is 2. The molecule has 3 N–H and O–H groups in total. The topological polar surface area (TPSA) is 63.5 Å². The number of aryl methyl sites for hydroxylation is 2. The molecule has 0 saturated carbocycles. The van der Waals surface area contributed by atoms with Crippen molar-refractivity contribution in [1.29, 1.82) is 0 Å². The van der Waals surface area contributed by atoms with Crippen LogP contribution in [0.5, 0.6) is 0 Å². The van der Waals surface area contributed by atoms with Crippen LogP contribution in [-0.4, -0.2) is 22.2 Å². The fraction of sp³-hybridized carbons (Fsp3) is 0.364. The first-order valence-electron chi connectivity index (χ1n) is 9.63. The number of carbonyl (C=O) groups is 1. The number of thiophene rings is 1. The second kappa shape index (κ2) is 8.71. The largest absolute Gasteiger partial charge is 0.328 e. The molecule has 3 aromatic rings. The molecule has 0 aliphatic carbocycles. The Hall–Kier alpha value is -2.44. The van der Waals surface area contributed by atoms with Crippen LogP contribution in [0.1, 0.15) is 53.2 Å². The molecule has 0 spiro atoms. The summed E-state index contributed by atoms with van der Waals surface area (Å²) in [6.45, 7) is 8.62. The highest BCUT2D eigenvalue weighted by molar-refractivity contribution is 7.10. The number of rotatable bonds is 7. The van der Waals surface area contributed by atoms with E-state index >= 15 is 0 Å². The van der Waals surface area contributed by atoms with Gasteiger partial charge in [0.05, 0.1) is 22.0 Å². The Balaban J connectivity index is 1.73. The van der Waals surface area contributed by atoms with Crippen LogP contribution in [0.25, 0.3) is 0 Å². The van der Waals surface area contributed by atoms with Crippen LogP contribution in [0.15, 0.2) is 41.8 Å². The van der Waals surface area contributed by atoms with Gasteiger partial charge in [-0.05, 0) is 36.8 Å². The summed E-state index contributed by atoms with van der Waals surface area (Å²) in [4.78, 5) is 13.8. The maximum atomic E-state index is 12.6. The summed E-state index contributed by atoms with van der Waals surface area (Å²) in [5.74, 6) is 0.495. The molecule has 1 amide bonds. The molecule has 3 rings (SSSR count). The SMILES string of the molecule is Cc1nn(C)c(C)c1NC(=O)C[NH2+][C@H](c1ccc(C(C)C)cc1)c1cccs1. The van der Waals surface area contributed by atoms with Gasteiger partial charge < -0.3 is 10.6 Å². The minimum absolute atomic E-state index is 0.0143. The summed E-state index contributed by atoms with van der Waals surface area (Å²) in [6.07, 6.45) is 0. The zero-order valence-electron chi connectivity index (χ0n) is 17.2. The Morgan fingerprint density at radius 3 is 2.39 bits per heavy atom. The minimum atomic E-state index is -0.0143. The van der Waals surface area contributed by atoms with Crippen molar-refractivity contribution >= 4 is 22.9 Å². The summed E-state index contributed by atoms with van der Waals surface area (Å²) in [7, 11) is 1.89. The summed E-state index contributed by atoms with van der Waals surface area (Å²) < 4.78 is 1.79. The first-order valence-corrected chi connectivity index (χ1v) is 10.5. The Kier molecular flexibility index (Phi) is 6.31. The highest BCUT2D eigenvalue weighted by Crippen LogP contribution is 2.24. The number of anilines is 1. The lowest BCUT2D eigenvalue weighted by Gasteiger charge is -2.16. The van der Waals surface area contributed by atoms with Crippen LogP contribution >= 0.6 is 11.3 Å². The molecule has 1 atom stereocenters. The molecule has 2 aromatic heterocycles. The van der Waals surface area contributed by atoms with Gasteiger partial charge in [0, 0.05) is 12.6 Å². The zero-order valence-corrected chi connectivity index (χ0v) is 18.0. The highest BCUT2D eigenvalue weighted by Gasteiger charge is 2.21. The fourth-order valence-corrected chi connectivity index (χ4v) is 4.19. The predicted octanol–water partition coefficient (Wildman–Crippen LogP) is 3.51. The maximum Gasteiger partial charge on any atom is 0.279 e. The fourth-order valence-electron chi connectivity index (χ4n) is 3.34. The number of nitrogens with one attached hydrogen (secondary N) is 1. The summed E-state index contributed by atoms with van der Waals surface area (Å²) in [6, 6.07) is 13.1. The van der Waals surface area contributed by atoms with E-state index < -0.39 is 0 Å². The molecule has 28 heavy (non-hydrogen) atoms. The van der Waals surface area contributed by atoms with Crippen molar-refractivity contribution < 1.29 is 10.1 Å². The lowest BCUT2D eigenvalue weighted by atomic mass is 9.98. The van der Waals surface area contributed by atoms with Crippen LogP contribution in [-0.2, 0) is 11.8 Å². The number of nitrogens with zero attached hydrogens (tertiary/aromatic N) is 2. The lowest BCUT2D eigenvalue weighted by Crippen LogP contribution is -2.87. The van der Waals surface area contributed by atoms with Gasteiger partial charge in [0.1, 0.15) is 6.04 Å². The molecule has 0 aliphatic rings. The molecule has 0 saturated heterocycles. The van der Waals surface area contributed by atoms with E-state index in [0.717, 1.165) is 17.1 Å². The molecule has 0 unspecified atom stereocenters. The van der Waals surface area contributed by atoms with Crippen molar-refractivity contribution in [2.75, 3.05) is 11.9 Å².